The molecule has 1 aromatic rings. The summed E-state index contributed by atoms with van der Waals surface area (Å²) in [6, 6.07) is 0. The number of aryl methyl sites for hydroxylation is 2. The predicted octanol–water partition coefficient (Wildman–Crippen LogP) is 1.26. The van der Waals surface area contributed by atoms with Crippen LogP contribution in [0.4, 0.5) is 0 Å². The van der Waals surface area contributed by atoms with Crippen LogP contribution in [0.25, 0.3) is 0 Å². The number of likely N-dealkylation sites (tertiary alicyclic amines) is 1. The van der Waals surface area contributed by atoms with Gasteiger partial charge in [-0.1, -0.05) is 5.16 Å². The van der Waals surface area contributed by atoms with Gasteiger partial charge in [-0.05, 0) is 40.0 Å². The highest BCUT2D eigenvalue weighted by atomic mass is 16.5. The molecule has 0 spiro atoms. The second-order valence-electron chi connectivity index (χ2n) is 5.51. The smallest absolute Gasteiger partial charge is 0.193 e. The molecule has 0 amide bonds. The fourth-order valence-corrected chi connectivity index (χ4v) is 2.64. The fourth-order valence-electron chi connectivity index (χ4n) is 2.64. The molecule has 21 heavy (non-hydrogen) atoms. The minimum Gasteiger partial charge on any atom is -0.393 e. The van der Waals surface area contributed by atoms with Crippen molar-refractivity contribution >= 4 is 5.96 Å². The molecule has 1 saturated heterocycles. The van der Waals surface area contributed by atoms with Gasteiger partial charge in [-0.15, -0.1) is 0 Å². The van der Waals surface area contributed by atoms with E-state index in [0.29, 0.717) is 6.54 Å². The maximum atomic E-state index is 9.60. The number of rotatable bonds is 4. The Morgan fingerprint density at radius 2 is 2.14 bits per heavy atom. The molecule has 118 valence electrons. The molecular weight excluding hydrogens is 268 g/mol. The van der Waals surface area contributed by atoms with E-state index >= 15 is 0 Å². The van der Waals surface area contributed by atoms with Crippen molar-refractivity contribution in [3.05, 3.63) is 17.0 Å². The van der Waals surface area contributed by atoms with Crippen LogP contribution in [-0.2, 0) is 6.42 Å². The summed E-state index contributed by atoms with van der Waals surface area (Å²) in [7, 11) is 0. The topological polar surface area (TPSA) is 73.9 Å². The Balaban J connectivity index is 1.94. The third kappa shape index (κ3) is 4.20. The molecule has 0 radical (unpaired) electrons. The van der Waals surface area contributed by atoms with Crippen LogP contribution in [0.3, 0.4) is 0 Å². The number of aliphatic hydroxyl groups excluding tert-OH is 1. The first-order valence-electron chi connectivity index (χ1n) is 7.75. The summed E-state index contributed by atoms with van der Waals surface area (Å²) in [5.41, 5.74) is 2.11. The van der Waals surface area contributed by atoms with Gasteiger partial charge in [0.2, 0.25) is 0 Å². The van der Waals surface area contributed by atoms with E-state index in [9.17, 15) is 5.11 Å². The normalized spacial score (nSPS) is 17.3. The van der Waals surface area contributed by atoms with Gasteiger partial charge in [0.05, 0.1) is 11.8 Å². The van der Waals surface area contributed by atoms with Crippen LogP contribution in [-0.4, -0.2) is 53.4 Å². The molecule has 6 heteroatoms. The van der Waals surface area contributed by atoms with Gasteiger partial charge in [-0.3, -0.25) is 4.99 Å². The van der Waals surface area contributed by atoms with E-state index in [1.807, 2.05) is 13.8 Å². The largest absolute Gasteiger partial charge is 0.393 e. The number of aliphatic hydroxyl groups is 1. The van der Waals surface area contributed by atoms with Crippen molar-refractivity contribution in [2.24, 2.45) is 4.99 Å². The molecule has 6 nitrogen and oxygen atoms in total. The van der Waals surface area contributed by atoms with Gasteiger partial charge < -0.3 is 19.8 Å². The minimum atomic E-state index is -0.161. The first kappa shape index (κ1) is 15.8. The van der Waals surface area contributed by atoms with E-state index in [1.165, 1.54) is 0 Å². The first-order valence-corrected chi connectivity index (χ1v) is 7.75. The second-order valence-corrected chi connectivity index (χ2v) is 5.51. The quantitative estimate of drug-likeness (QED) is 0.646. The average Bonchev–Trinajstić information content (AvgIpc) is 2.79. The standard InChI is InChI=1S/C15H26N4O2/c1-4-16-15(19-9-6-13(20)7-10-19)17-8-5-14-11(2)18-21-12(14)3/h13,20H,4-10H2,1-3H3,(H,16,17). The Kier molecular flexibility index (Phi) is 5.61. The van der Waals surface area contributed by atoms with Crippen molar-refractivity contribution < 1.29 is 9.63 Å². The van der Waals surface area contributed by atoms with Gasteiger partial charge >= 0.3 is 0 Å². The molecule has 2 heterocycles. The Morgan fingerprint density at radius 3 is 2.71 bits per heavy atom. The lowest BCUT2D eigenvalue weighted by Gasteiger charge is -2.32. The van der Waals surface area contributed by atoms with Gasteiger partial charge in [0, 0.05) is 31.7 Å². The van der Waals surface area contributed by atoms with Gasteiger partial charge in [0.25, 0.3) is 0 Å². The first-order chi connectivity index (χ1) is 10.1. The Bertz CT molecular complexity index is 457. The van der Waals surface area contributed by atoms with Crippen molar-refractivity contribution in [3.63, 3.8) is 0 Å². The van der Waals surface area contributed by atoms with E-state index in [0.717, 1.165) is 61.9 Å². The SMILES string of the molecule is CCNC(=NCCc1c(C)noc1C)N1CCC(O)CC1. The van der Waals surface area contributed by atoms with Crippen molar-refractivity contribution in [2.75, 3.05) is 26.2 Å². The molecule has 0 atom stereocenters. The molecule has 0 aliphatic carbocycles. The minimum absolute atomic E-state index is 0.161. The fraction of sp³-hybridized carbons (Fsp3) is 0.733. The number of aromatic nitrogens is 1. The van der Waals surface area contributed by atoms with Gasteiger partial charge in [0.1, 0.15) is 5.76 Å². The van der Waals surface area contributed by atoms with Crippen LogP contribution in [0.1, 0.15) is 36.8 Å². The van der Waals surface area contributed by atoms with Crippen LogP contribution in [0, 0.1) is 13.8 Å². The molecule has 2 N–H and O–H groups in total. The third-order valence-electron chi connectivity index (χ3n) is 3.90. The molecule has 0 saturated carbocycles. The van der Waals surface area contributed by atoms with Gasteiger partial charge in [0.15, 0.2) is 5.96 Å². The lowest BCUT2D eigenvalue weighted by molar-refractivity contribution is 0.108. The Morgan fingerprint density at radius 1 is 1.43 bits per heavy atom. The second kappa shape index (κ2) is 7.45. The molecule has 0 bridgehead atoms. The van der Waals surface area contributed by atoms with Crippen molar-refractivity contribution in [1.29, 1.82) is 0 Å². The van der Waals surface area contributed by atoms with E-state index in [-0.39, 0.29) is 6.10 Å². The molecule has 1 fully saturated rings. The van der Waals surface area contributed by atoms with Crippen LogP contribution < -0.4 is 5.32 Å². The molecule has 1 aliphatic rings. The van der Waals surface area contributed by atoms with Crippen LogP contribution in [0.5, 0.6) is 0 Å². The molecule has 1 aromatic heterocycles. The molecular formula is C15H26N4O2. The van der Waals surface area contributed by atoms with Crippen molar-refractivity contribution in [2.45, 2.75) is 46.1 Å². The highest BCUT2D eigenvalue weighted by Gasteiger charge is 2.19. The zero-order chi connectivity index (χ0) is 15.2. The number of hydrogen-bond donors (Lipinski definition) is 2. The monoisotopic (exact) mass is 294 g/mol. The summed E-state index contributed by atoms with van der Waals surface area (Å²) >= 11 is 0. The number of nitrogens with zero attached hydrogens (tertiary/aromatic N) is 3. The number of hydrogen-bond acceptors (Lipinski definition) is 4. The average molecular weight is 294 g/mol. The molecule has 0 unspecified atom stereocenters. The van der Waals surface area contributed by atoms with E-state index in [2.05, 4.69) is 22.3 Å². The lowest BCUT2D eigenvalue weighted by atomic mass is 10.1. The summed E-state index contributed by atoms with van der Waals surface area (Å²) in [4.78, 5) is 6.93. The third-order valence-corrected chi connectivity index (χ3v) is 3.90. The predicted molar refractivity (Wildman–Crippen MR) is 82.5 cm³/mol. The van der Waals surface area contributed by atoms with E-state index in [1.54, 1.807) is 0 Å². The van der Waals surface area contributed by atoms with Gasteiger partial charge in [-0.2, -0.15) is 0 Å². The summed E-state index contributed by atoms with van der Waals surface area (Å²) in [6.07, 6.45) is 2.31. The molecule has 1 aliphatic heterocycles. The maximum Gasteiger partial charge on any atom is 0.193 e. The number of nitrogens with one attached hydrogen (secondary N) is 1. The highest BCUT2D eigenvalue weighted by Crippen LogP contribution is 2.13. The van der Waals surface area contributed by atoms with Crippen LogP contribution in [0.2, 0.25) is 0 Å². The van der Waals surface area contributed by atoms with E-state index < -0.39 is 0 Å². The summed E-state index contributed by atoms with van der Waals surface area (Å²) in [6.45, 7) is 9.26. The number of guanidine groups is 1. The number of piperidine rings is 1. The molecule has 0 aromatic carbocycles. The van der Waals surface area contributed by atoms with Crippen molar-refractivity contribution in [3.8, 4) is 0 Å². The zero-order valence-electron chi connectivity index (χ0n) is 13.2. The highest BCUT2D eigenvalue weighted by molar-refractivity contribution is 5.80. The molecule has 2 rings (SSSR count). The zero-order valence-corrected chi connectivity index (χ0v) is 13.2. The lowest BCUT2D eigenvalue weighted by Crippen LogP contribution is -2.46. The maximum absolute atomic E-state index is 9.60. The van der Waals surface area contributed by atoms with Gasteiger partial charge in [-0.25, -0.2) is 0 Å². The Hall–Kier alpha value is -1.56. The summed E-state index contributed by atoms with van der Waals surface area (Å²) < 4.78 is 5.18. The summed E-state index contributed by atoms with van der Waals surface area (Å²) in [5, 5.41) is 16.9. The van der Waals surface area contributed by atoms with Crippen molar-refractivity contribution in [1.82, 2.24) is 15.4 Å². The van der Waals surface area contributed by atoms with E-state index in [4.69, 9.17) is 9.52 Å². The Labute approximate surface area is 126 Å². The number of aliphatic imine (C=N–C) groups is 1. The van der Waals surface area contributed by atoms with Crippen LogP contribution >= 0.6 is 0 Å². The summed E-state index contributed by atoms with van der Waals surface area (Å²) in [5.74, 6) is 1.82. The van der Waals surface area contributed by atoms with Crippen LogP contribution in [0.15, 0.2) is 9.52 Å².